The van der Waals surface area contributed by atoms with Crippen molar-refractivity contribution in [2.24, 2.45) is 5.92 Å². The Kier molecular flexibility index (Phi) is 11.1. The standard InChI is InChI=1S/C78H54/c1-2-7-26-52(25-6-1)59-34-14-17-37-62(59)74-65-40-20-21-41-66(65)76(64-39-19-16-36-61(64)54-29-10-4-11-30-54)71-49-55(45-47-69(71)74)56-46-48-70-72(50-56)77(73-44-24-33-58-51-78(58,73)57-31-12-5-13-32-57)68-43-23-22-42-67(68)75(70)63-38-18-15-35-60(63)53-27-8-3-9-28-53/h1-6,8-50,58H,7,51H2. The summed E-state index contributed by atoms with van der Waals surface area (Å²) in [4.78, 5) is 0. The van der Waals surface area contributed by atoms with Crippen LogP contribution in [0.25, 0.3) is 121 Å². The predicted octanol–water partition coefficient (Wildman–Crippen LogP) is 21.1. The summed E-state index contributed by atoms with van der Waals surface area (Å²) in [6.45, 7) is 0. The fourth-order valence-corrected chi connectivity index (χ4v) is 13.5. The number of fused-ring (bicyclic) bond motifs is 5. The Labute approximate surface area is 456 Å². The first kappa shape index (κ1) is 45.7. The minimum absolute atomic E-state index is 0.109. The highest BCUT2D eigenvalue weighted by Gasteiger charge is 2.57. The summed E-state index contributed by atoms with van der Waals surface area (Å²) in [6.07, 6.45) is 20.4. The third-order valence-corrected chi connectivity index (χ3v) is 17.1. The average molecular weight is 991 g/mol. The van der Waals surface area contributed by atoms with Crippen LogP contribution in [0.4, 0.5) is 0 Å². The van der Waals surface area contributed by atoms with Crippen molar-refractivity contribution in [1.29, 1.82) is 0 Å². The molecule has 0 heteroatoms. The van der Waals surface area contributed by atoms with Crippen LogP contribution in [0.5, 0.6) is 0 Å². The molecular weight excluding hydrogens is 937 g/mol. The van der Waals surface area contributed by atoms with Crippen molar-refractivity contribution < 1.29 is 0 Å². The second-order valence-electron chi connectivity index (χ2n) is 21.3. The number of hydrogen-bond donors (Lipinski definition) is 0. The second kappa shape index (κ2) is 18.9. The van der Waals surface area contributed by atoms with Gasteiger partial charge in [0.1, 0.15) is 0 Å². The van der Waals surface area contributed by atoms with Crippen molar-refractivity contribution in [2.75, 3.05) is 0 Å². The van der Waals surface area contributed by atoms with Crippen molar-refractivity contribution >= 4 is 54.2 Å². The lowest BCUT2D eigenvalue weighted by Gasteiger charge is -2.28. The molecule has 1 saturated carbocycles. The first-order valence-electron chi connectivity index (χ1n) is 27.6. The molecule has 366 valence electrons. The molecule has 0 N–H and O–H groups in total. The molecule has 0 heterocycles. The highest BCUT2D eigenvalue weighted by molar-refractivity contribution is 6.25. The Morgan fingerprint density at radius 1 is 0.321 bits per heavy atom. The monoisotopic (exact) mass is 990 g/mol. The predicted molar refractivity (Wildman–Crippen MR) is 333 cm³/mol. The van der Waals surface area contributed by atoms with Crippen LogP contribution in [0, 0.1) is 5.92 Å². The highest BCUT2D eigenvalue weighted by Crippen LogP contribution is 2.66. The van der Waals surface area contributed by atoms with E-state index in [0.717, 1.165) is 12.8 Å². The van der Waals surface area contributed by atoms with Crippen molar-refractivity contribution in [1.82, 2.24) is 0 Å². The van der Waals surface area contributed by atoms with E-state index in [2.05, 4.69) is 297 Å². The zero-order valence-electron chi connectivity index (χ0n) is 43.3. The van der Waals surface area contributed by atoms with Crippen LogP contribution in [0.3, 0.4) is 0 Å². The molecule has 0 bridgehead atoms. The fraction of sp³-hybridized carbons (Fsp3) is 0.0513. The van der Waals surface area contributed by atoms with Gasteiger partial charge >= 0.3 is 0 Å². The Balaban J connectivity index is 1.04. The molecule has 15 rings (SSSR count). The van der Waals surface area contributed by atoms with E-state index in [1.807, 2.05) is 0 Å². The lowest BCUT2D eigenvalue weighted by molar-refractivity contribution is 0.842. The largest absolute Gasteiger partial charge is 0.0807 e. The summed E-state index contributed by atoms with van der Waals surface area (Å²) in [6, 6.07) is 93.2. The quantitative estimate of drug-likeness (QED) is 0.126. The molecule has 0 saturated heterocycles. The number of benzene rings is 12. The maximum atomic E-state index is 2.54. The first-order valence-corrected chi connectivity index (χ1v) is 27.6. The van der Waals surface area contributed by atoms with Gasteiger partial charge in [0.15, 0.2) is 0 Å². The van der Waals surface area contributed by atoms with Gasteiger partial charge < -0.3 is 0 Å². The van der Waals surface area contributed by atoms with Crippen LogP contribution in [-0.4, -0.2) is 0 Å². The minimum atomic E-state index is -0.109. The van der Waals surface area contributed by atoms with Crippen LogP contribution in [0.2, 0.25) is 0 Å². The lowest BCUT2D eigenvalue weighted by Crippen LogP contribution is -2.15. The van der Waals surface area contributed by atoms with Gasteiger partial charge in [-0.25, -0.2) is 0 Å². The van der Waals surface area contributed by atoms with Gasteiger partial charge in [0.2, 0.25) is 0 Å². The minimum Gasteiger partial charge on any atom is -0.0807 e. The molecule has 0 aliphatic heterocycles. The maximum absolute atomic E-state index is 2.54. The molecule has 78 heavy (non-hydrogen) atoms. The molecular formula is C78H54. The van der Waals surface area contributed by atoms with Gasteiger partial charge in [0, 0.05) is 5.41 Å². The Morgan fingerprint density at radius 2 is 0.744 bits per heavy atom. The van der Waals surface area contributed by atoms with Crippen LogP contribution in [-0.2, 0) is 5.41 Å². The van der Waals surface area contributed by atoms with Crippen LogP contribution < -0.4 is 0 Å². The Bertz CT molecular complexity index is 4520. The first-order chi connectivity index (χ1) is 38.7. The molecule has 1 fully saturated rings. The molecule has 0 nitrogen and oxygen atoms in total. The molecule has 3 aliphatic carbocycles. The summed E-state index contributed by atoms with van der Waals surface area (Å²) in [7, 11) is 0. The smallest absolute Gasteiger partial charge is 0.0278 e. The van der Waals surface area contributed by atoms with Gasteiger partial charge in [-0.3, -0.25) is 0 Å². The van der Waals surface area contributed by atoms with Crippen LogP contribution in [0.1, 0.15) is 29.5 Å². The van der Waals surface area contributed by atoms with E-state index in [1.54, 1.807) is 0 Å². The molecule has 0 radical (unpaired) electrons. The third-order valence-electron chi connectivity index (χ3n) is 17.1. The number of hydrogen-bond acceptors (Lipinski definition) is 0. The average Bonchev–Trinajstić information content (AvgIpc) is 4.43. The summed E-state index contributed by atoms with van der Waals surface area (Å²) in [5, 5.41) is 10.0. The van der Waals surface area contributed by atoms with Gasteiger partial charge in [0.05, 0.1) is 0 Å². The van der Waals surface area contributed by atoms with Gasteiger partial charge in [-0.15, -0.1) is 0 Å². The van der Waals surface area contributed by atoms with E-state index < -0.39 is 0 Å². The van der Waals surface area contributed by atoms with Crippen LogP contribution in [0.15, 0.2) is 297 Å². The summed E-state index contributed by atoms with van der Waals surface area (Å²) >= 11 is 0. The van der Waals surface area contributed by atoms with E-state index in [9.17, 15) is 0 Å². The number of allylic oxidation sites excluding steroid dienone is 10. The van der Waals surface area contributed by atoms with E-state index in [1.165, 1.54) is 138 Å². The van der Waals surface area contributed by atoms with Gasteiger partial charge in [-0.05, 0) is 169 Å². The van der Waals surface area contributed by atoms with Crippen molar-refractivity contribution in [3.63, 3.8) is 0 Å². The van der Waals surface area contributed by atoms with Crippen molar-refractivity contribution in [2.45, 2.75) is 18.3 Å². The van der Waals surface area contributed by atoms with Gasteiger partial charge in [0.25, 0.3) is 0 Å². The van der Waals surface area contributed by atoms with E-state index in [0.29, 0.717) is 5.92 Å². The molecule has 12 aromatic carbocycles. The molecule has 2 atom stereocenters. The maximum Gasteiger partial charge on any atom is 0.0278 e. The SMILES string of the molecule is C1=CCC=C(c2ccccc2-c2c3ccccc3c(-c3ccccc3-c3ccccc3)c3cc(-c4ccc5c(-c6ccccc6-c6ccccc6)c6ccccc6c(C6=CC=CC7CC67c6ccccc6)c5c4)ccc23)C=C1. The van der Waals surface area contributed by atoms with Crippen molar-refractivity contribution in [3.05, 3.63) is 314 Å². The topological polar surface area (TPSA) is 0 Å². The van der Waals surface area contributed by atoms with Gasteiger partial charge in [-0.2, -0.15) is 0 Å². The fourth-order valence-electron chi connectivity index (χ4n) is 13.5. The molecule has 0 amide bonds. The third kappa shape index (κ3) is 7.43. The molecule has 0 spiro atoms. The van der Waals surface area contributed by atoms with E-state index in [4.69, 9.17) is 0 Å². The van der Waals surface area contributed by atoms with E-state index in [-0.39, 0.29) is 5.41 Å². The zero-order valence-corrected chi connectivity index (χ0v) is 43.3. The summed E-state index contributed by atoms with van der Waals surface area (Å²) in [5.41, 5.74) is 21.2. The highest BCUT2D eigenvalue weighted by atomic mass is 14.6. The molecule has 0 aromatic heterocycles. The molecule has 12 aromatic rings. The molecule has 2 unspecified atom stereocenters. The lowest BCUT2D eigenvalue weighted by atomic mass is 9.75. The van der Waals surface area contributed by atoms with Gasteiger partial charge in [-0.1, -0.05) is 285 Å². The van der Waals surface area contributed by atoms with Crippen molar-refractivity contribution in [3.8, 4) is 66.8 Å². The normalized spacial score (nSPS) is 16.5. The number of rotatable bonds is 9. The Hall–Kier alpha value is -9.62. The zero-order chi connectivity index (χ0) is 51.6. The Morgan fingerprint density at radius 3 is 1.29 bits per heavy atom. The second-order valence-corrected chi connectivity index (χ2v) is 21.3. The van der Waals surface area contributed by atoms with Crippen LogP contribution >= 0.6 is 0 Å². The molecule has 3 aliphatic rings. The van der Waals surface area contributed by atoms with E-state index >= 15 is 0 Å². The summed E-state index contributed by atoms with van der Waals surface area (Å²) < 4.78 is 0. The summed E-state index contributed by atoms with van der Waals surface area (Å²) in [5.74, 6) is 0.439.